The molecule has 2 N–H and O–H groups in total. The minimum absolute atomic E-state index is 0.0222. The monoisotopic (exact) mass is 513 g/mol. The molecule has 3 atom stereocenters. The Kier molecular flexibility index (Phi) is 9.21. The van der Waals surface area contributed by atoms with Crippen molar-refractivity contribution < 1.29 is 29.0 Å². The number of nitrogens with zero attached hydrogens (tertiary/aromatic N) is 3. The summed E-state index contributed by atoms with van der Waals surface area (Å²) in [6, 6.07) is 5.65. The number of aliphatic carboxylic acids is 1. The van der Waals surface area contributed by atoms with Gasteiger partial charge in [-0.15, -0.1) is 0 Å². The number of likely N-dealkylation sites (tertiary alicyclic amines) is 1. The van der Waals surface area contributed by atoms with Crippen LogP contribution in [0.5, 0.6) is 5.75 Å². The molecule has 0 saturated carbocycles. The van der Waals surface area contributed by atoms with Crippen LogP contribution in [0.3, 0.4) is 0 Å². The molecule has 1 aromatic heterocycles. The number of hydrogen-bond donors (Lipinski definition) is 2. The van der Waals surface area contributed by atoms with Gasteiger partial charge >= 0.3 is 5.97 Å². The third-order valence-electron chi connectivity index (χ3n) is 7.56. The zero-order valence-electron chi connectivity index (χ0n) is 21.9. The molecule has 0 bridgehead atoms. The number of carbonyl (C=O) groups is 2. The summed E-state index contributed by atoms with van der Waals surface area (Å²) in [5.41, 5.74) is 2.09. The Morgan fingerprint density at radius 1 is 1.24 bits per heavy atom. The lowest BCUT2D eigenvalue weighted by atomic mass is 9.83. The molecule has 1 fully saturated rings. The first kappa shape index (κ1) is 27.1. The normalized spacial score (nSPS) is 21.1. The van der Waals surface area contributed by atoms with Gasteiger partial charge in [-0.25, -0.2) is 4.98 Å². The van der Waals surface area contributed by atoms with Gasteiger partial charge in [-0.05, 0) is 43.4 Å². The van der Waals surface area contributed by atoms with Gasteiger partial charge in [0.2, 0.25) is 5.91 Å². The van der Waals surface area contributed by atoms with Gasteiger partial charge in [-0.3, -0.25) is 14.5 Å². The van der Waals surface area contributed by atoms with E-state index in [-0.39, 0.29) is 31.0 Å². The van der Waals surface area contributed by atoms with E-state index in [1.54, 1.807) is 6.20 Å². The minimum Gasteiger partial charge on any atom is -0.493 e. The van der Waals surface area contributed by atoms with Crippen molar-refractivity contribution in [2.45, 2.75) is 64.3 Å². The number of unbranched alkanes of at least 4 members (excludes halogenated alkanes) is 1. The SMILES string of the molecule is CCCCN(CCCO)C(=O)CN1C[C@H](c2ccc3c(c2)CCO3)C(C(=O)O)[C@@H]1CCc1ncc(C)o1. The molecular weight excluding hydrogens is 474 g/mol. The van der Waals surface area contributed by atoms with Crippen LogP contribution in [0, 0.1) is 12.8 Å². The molecule has 0 spiro atoms. The topological polar surface area (TPSA) is 116 Å². The number of fused-ring (bicyclic) bond motifs is 1. The lowest BCUT2D eigenvalue weighted by Crippen LogP contribution is -2.45. The number of aromatic nitrogens is 1. The minimum atomic E-state index is -0.853. The lowest BCUT2D eigenvalue weighted by molar-refractivity contribution is -0.144. The number of hydrogen-bond acceptors (Lipinski definition) is 7. The summed E-state index contributed by atoms with van der Waals surface area (Å²) in [7, 11) is 0. The molecule has 1 saturated heterocycles. The van der Waals surface area contributed by atoms with E-state index in [0.29, 0.717) is 51.4 Å². The molecule has 2 aliphatic rings. The number of aryl methyl sites for hydroxylation is 2. The van der Waals surface area contributed by atoms with E-state index in [0.717, 1.165) is 41.9 Å². The van der Waals surface area contributed by atoms with Crippen LogP contribution in [0.2, 0.25) is 0 Å². The largest absolute Gasteiger partial charge is 0.493 e. The fourth-order valence-corrected chi connectivity index (χ4v) is 5.66. The lowest BCUT2D eigenvalue weighted by Gasteiger charge is -2.29. The van der Waals surface area contributed by atoms with Crippen molar-refractivity contribution in [1.82, 2.24) is 14.8 Å². The van der Waals surface area contributed by atoms with E-state index in [1.165, 1.54) is 0 Å². The van der Waals surface area contributed by atoms with E-state index in [9.17, 15) is 19.8 Å². The van der Waals surface area contributed by atoms with Crippen molar-refractivity contribution in [3.63, 3.8) is 0 Å². The number of amides is 1. The maximum atomic E-state index is 13.4. The van der Waals surface area contributed by atoms with Crippen LogP contribution in [0.25, 0.3) is 0 Å². The number of oxazole rings is 1. The Morgan fingerprint density at radius 3 is 2.76 bits per heavy atom. The van der Waals surface area contributed by atoms with Crippen molar-refractivity contribution in [1.29, 1.82) is 0 Å². The Labute approximate surface area is 218 Å². The van der Waals surface area contributed by atoms with Gasteiger partial charge in [0.1, 0.15) is 11.5 Å². The third kappa shape index (κ3) is 6.51. The quantitative estimate of drug-likeness (QED) is 0.420. The summed E-state index contributed by atoms with van der Waals surface area (Å²) >= 11 is 0. The third-order valence-corrected chi connectivity index (χ3v) is 7.56. The van der Waals surface area contributed by atoms with Crippen molar-refractivity contribution >= 4 is 11.9 Å². The molecule has 9 nitrogen and oxygen atoms in total. The van der Waals surface area contributed by atoms with Crippen molar-refractivity contribution in [2.24, 2.45) is 5.92 Å². The van der Waals surface area contributed by atoms with E-state index in [4.69, 9.17) is 9.15 Å². The molecule has 1 unspecified atom stereocenters. The summed E-state index contributed by atoms with van der Waals surface area (Å²) in [6.45, 7) is 6.37. The number of aliphatic hydroxyl groups is 1. The molecule has 2 aliphatic heterocycles. The van der Waals surface area contributed by atoms with Crippen LogP contribution < -0.4 is 4.74 Å². The first-order chi connectivity index (χ1) is 17.9. The predicted molar refractivity (Wildman–Crippen MR) is 138 cm³/mol. The van der Waals surface area contributed by atoms with Gasteiger partial charge < -0.3 is 24.3 Å². The van der Waals surface area contributed by atoms with Crippen LogP contribution in [0.1, 0.15) is 61.3 Å². The van der Waals surface area contributed by atoms with Gasteiger partial charge in [0.25, 0.3) is 0 Å². The second-order valence-electron chi connectivity index (χ2n) is 10.1. The molecular formula is C28H39N3O6. The number of benzene rings is 1. The highest BCUT2D eigenvalue weighted by Crippen LogP contribution is 2.41. The van der Waals surface area contributed by atoms with Crippen LogP contribution in [0.4, 0.5) is 0 Å². The van der Waals surface area contributed by atoms with Crippen LogP contribution >= 0.6 is 0 Å². The summed E-state index contributed by atoms with van der Waals surface area (Å²) in [4.78, 5) is 34.2. The Morgan fingerprint density at radius 2 is 2.05 bits per heavy atom. The maximum absolute atomic E-state index is 13.4. The van der Waals surface area contributed by atoms with Gasteiger partial charge in [0.05, 0.1) is 25.3 Å². The summed E-state index contributed by atoms with van der Waals surface area (Å²) in [6.07, 6.45) is 5.90. The highest BCUT2D eigenvalue weighted by atomic mass is 16.5. The summed E-state index contributed by atoms with van der Waals surface area (Å²) in [5, 5.41) is 19.7. The van der Waals surface area contributed by atoms with E-state index < -0.39 is 11.9 Å². The second kappa shape index (κ2) is 12.6. The zero-order valence-corrected chi connectivity index (χ0v) is 21.9. The molecule has 1 amide bonds. The first-order valence-corrected chi connectivity index (χ1v) is 13.4. The molecule has 0 aliphatic carbocycles. The van der Waals surface area contributed by atoms with Crippen LogP contribution in [0.15, 0.2) is 28.8 Å². The number of ether oxygens (including phenoxy) is 1. The Hall–Kier alpha value is -2.91. The highest BCUT2D eigenvalue weighted by Gasteiger charge is 2.47. The van der Waals surface area contributed by atoms with Crippen molar-refractivity contribution in [3.8, 4) is 5.75 Å². The van der Waals surface area contributed by atoms with Crippen molar-refractivity contribution in [2.75, 3.05) is 39.4 Å². The van der Waals surface area contributed by atoms with E-state index in [1.807, 2.05) is 28.9 Å². The fourth-order valence-electron chi connectivity index (χ4n) is 5.66. The average Bonchev–Trinajstić information content (AvgIpc) is 3.60. The van der Waals surface area contributed by atoms with Gasteiger partial charge in [0.15, 0.2) is 5.89 Å². The van der Waals surface area contributed by atoms with Crippen molar-refractivity contribution in [3.05, 3.63) is 47.2 Å². The van der Waals surface area contributed by atoms with E-state index in [2.05, 4.69) is 18.0 Å². The van der Waals surface area contributed by atoms with Gasteiger partial charge in [-0.2, -0.15) is 0 Å². The predicted octanol–water partition coefficient (Wildman–Crippen LogP) is 3.03. The summed E-state index contributed by atoms with van der Waals surface area (Å²) in [5.74, 6) is 0.390. The van der Waals surface area contributed by atoms with Gasteiger partial charge in [0, 0.05) is 51.0 Å². The fraction of sp³-hybridized carbons (Fsp3) is 0.607. The zero-order chi connectivity index (χ0) is 26.4. The molecule has 3 heterocycles. The number of aliphatic hydroxyl groups excluding tert-OH is 1. The molecule has 2 aromatic rings. The molecule has 1 aromatic carbocycles. The van der Waals surface area contributed by atoms with Gasteiger partial charge in [-0.1, -0.05) is 25.5 Å². The molecule has 37 heavy (non-hydrogen) atoms. The molecule has 202 valence electrons. The smallest absolute Gasteiger partial charge is 0.308 e. The van der Waals surface area contributed by atoms with E-state index >= 15 is 0 Å². The van der Waals surface area contributed by atoms with Crippen LogP contribution in [-0.2, 0) is 22.4 Å². The number of carboxylic acid groups (broad SMARTS) is 1. The standard InChI is InChI=1S/C28H39N3O6/c1-3-4-11-30(12-5-13-32)26(33)18-31-17-22(20-6-8-24-21(15-20)10-14-36-24)27(28(34)35)23(31)7-9-25-29-16-19(2)37-25/h6,8,15-16,22-23,27,32H,3-5,7,9-14,17-18H2,1-2H3,(H,34,35)/t22-,23+,27?/m1/s1. The molecule has 4 rings (SSSR count). The number of carbonyl (C=O) groups excluding carboxylic acids is 1. The molecule has 9 heteroatoms. The first-order valence-electron chi connectivity index (χ1n) is 13.4. The Bertz CT molecular complexity index is 1060. The highest BCUT2D eigenvalue weighted by molar-refractivity contribution is 5.79. The average molecular weight is 514 g/mol. The number of carboxylic acids is 1. The second-order valence-corrected chi connectivity index (χ2v) is 10.1. The maximum Gasteiger partial charge on any atom is 0.308 e. The van der Waals surface area contributed by atoms with Crippen LogP contribution in [-0.4, -0.2) is 82.3 Å². The Balaban J connectivity index is 1.58. The number of rotatable bonds is 13. The summed E-state index contributed by atoms with van der Waals surface area (Å²) < 4.78 is 11.3. The molecule has 0 radical (unpaired) electrons.